The molecule has 1 N–H and O–H groups in total. The first-order chi connectivity index (χ1) is 8.65. The molecule has 0 radical (unpaired) electrons. The number of hydrogen-bond donors (Lipinski definition) is 1. The van der Waals surface area contributed by atoms with Crippen LogP contribution in [0.3, 0.4) is 0 Å². The summed E-state index contributed by atoms with van der Waals surface area (Å²) in [4.78, 5) is 4.96. The van der Waals surface area contributed by atoms with E-state index in [0.29, 0.717) is 6.04 Å². The van der Waals surface area contributed by atoms with Gasteiger partial charge in [-0.15, -0.1) is 0 Å². The minimum Gasteiger partial charge on any atom is -0.301 e. The number of rotatable bonds is 6. The van der Waals surface area contributed by atoms with E-state index in [1.165, 1.54) is 25.8 Å². The molecule has 1 saturated carbocycles. The van der Waals surface area contributed by atoms with Crippen molar-refractivity contribution < 1.29 is 0 Å². The quantitative estimate of drug-likeness (QED) is 0.765. The van der Waals surface area contributed by atoms with E-state index in [2.05, 4.69) is 28.1 Å². The van der Waals surface area contributed by atoms with Crippen molar-refractivity contribution in [1.29, 1.82) is 5.26 Å². The summed E-state index contributed by atoms with van der Waals surface area (Å²) in [5, 5.41) is 12.9. The van der Waals surface area contributed by atoms with E-state index in [9.17, 15) is 5.26 Å². The van der Waals surface area contributed by atoms with E-state index >= 15 is 0 Å². The molecule has 0 spiro atoms. The number of piperazine rings is 1. The van der Waals surface area contributed by atoms with Crippen LogP contribution in [-0.4, -0.2) is 60.6 Å². The normalized spacial score (nSPS) is 25.6. The van der Waals surface area contributed by atoms with Gasteiger partial charge in [0.05, 0.1) is 6.07 Å². The Morgan fingerprint density at radius 3 is 2.33 bits per heavy atom. The Bertz CT molecular complexity index is 299. The molecule has 1 unspecified atom stereocenters. The van der Waals surface area contributed by atoms with E-state index in [1.54, 1.807) is 0 Å². The summed E-state index contributed by atoms with van der Waals surface area (Å²) in [6.07, 6.45) is 3.71. The Morgan fingerprint density at radius 2 is 1.83 bits per heavy atom. The average molecular weight is 250 g/mol. The largest absolute Gasteiger partial charge is 0.301 e. The smallest absolute Gasteiger partial charge is 0.116 e. The van der Waals surface area contributed by atoms with E-state index in [1.807, 2.05) is 6.92 Å². The molecule has 1 aliphatic heterocycles. The van der Waals surface area contributed by atoms with Crippen molar-refractivity contribution in [2.24, 2.45) is 0 Å². The van der Waals surface area contributed by atoms with Gasteiger partial charge < -0.3 is 4.90 Å². The first-order valence-corrected chi connectivity index (χ1v) is 7.29. The van der Waals surface area contributed by atoms with Crippen molar-refractivity contribution in [3.05, 3.63) is 0 Å². The maximum atomic E-state index is 9.38. The topological polar surface area (TPSA) is 42.3 Å². The summed E-state index contributed by atoms with van der Waals surface area (Å²) in [5.74, 6) is 0. The van der Waals surface area contributed by atoms with Gasteiger partial charge in [-0.05, 0) is 32.7 Å². The lowest BCUT2D eigenvalue weighted by Crippen LogP contribution is -2.55. The number of hydrogen-bond acceptors (Lipinski definition) is 4. The van der Waals surface area contributed by atoms with Crippen LogP contribution in [0, 0.1) is 11.3 Å². The zero-order valence-electron chi connectivity index (χ0n) is 11.8. The third-order valence-electron chi connectivity index (χ3n) is 3.89. The molecule has 2 aliphatic rings. The lowest BCUT2D eigenvalue weighted by atomic mass is 10.0. The fraction of sp³-hybridized carbons (Fsp3) is 0.929. The molecule has 1 saturated heterocycles. The molecule has 0 bridgehead atoms. The fourth-order valence-corrected chi connectivity index (χ4v) is 2.73. The lowest BCUT2D eigenvalue weighted by Gasteiger charge is -2.38. The first-order valence-electron chi connectivity index (χ1n) is 7.29. The number of nitrogens with one attached hydrogen (secondary N) is 1. The summed E-state index contributed by atoms with van der Waals surface area (Å²) in [6.45, 7) is 10.9. The Balaban J connectivity index is 1.77. The zero-order valence-corrected chi connectivity index (χ0v) is 11.8. The Morgan fingerprint density at radius 1 is 1.22 bits per heavy atom. The highest BCUT2D eigenvalue weighted by atomic mass is 15.3. The minimum atomic E-state index is -0.367. The lowest BCUT2D eigenvalue weighted by molar-refractivity contribution is 0.115. The van der Waals surface area contributed by atoms with Gasteiger partial charge in [-0.3, -0.25) is 10.2 Å². The van der Waals surface area contributed by atoms with Gasteiger partial charge in [-0.1, -0.05) is 6.92 Å². The molecular weight excluding hydrogens is 224 g/mol. The predicted octanol–water partition coefficient (Wildman–Crippen LogP) is 1.05. The minimum absolute atomic E-state index is 0.367. The highest BCUT2D eigenvalue weighted by Crippen LogP contribution is 2.23. The van der Waals surface area contributed by atoms with E-state index < -0.39 is 0 Å². The highest BCUT2D eigenvalue weighted by Gasteiger charge is 2.34. The maximum Gasteiger partial charge on any atom is 0.116 e. The van der Waals surface area contributed by atoms with Gasteiger partial charge >= 0.3 is 0 Å². The summed E-state index contributed by atoms with van der Waals surface area (Å²) in [5.41, 5.74) is -0.367. The Kier molecular flexibility index (Phi) is 4.60. The van der Waals surface area contributed by atoms with Crippen molar-refractivity contribution in [3.8, 4) is 6.07 Å². The van der Waals surface area contributed by atoms with Gasteiger partial charge in [0.25, 0.3) is 0 Å². The number of nitriles is 1. The van der Waals surface area contributed by atoms with Crippen molar-refractivity contribution in [2.75, 3.05) is 39.3 Å². The van der Waals surface area contributed by atoms with Gasteiger partial charge in [0.1, 0.15) is 5.54 Å². The van der Waals surface area contributed by atoms with Gasteiger partial charge in [-0.2, -0.15) is 5.26 Å². The highest BCUT2D eigenvalue weighted by molar-refractivity contribution is 5.09. The molecular formula is C14H26N4. The standard InChI is InChI=1S/C14H26N4/c1-3-6-17-7-9-18(10-8-17)12-14(2,11-15)16-13-4-5-13/h13,16H,3-10,12H2,1-2H3. The fourth-order valence-electron chi connectivity index (χ4n) is 2.73. The molecule has 102 valence electrons. The van der Waals surface area contributed by atoms with Gasteiger partial charge in [0.15, 0.2) is 0 Å². The molecule has 0 aromatic heterocycles. The van der Waals surface area contributed by atoms with Crippen molar-refractivity contribution in [2.45, 2.75) is 44.7 Å². The van der Waals surface area contributed by atoms with Gasteiger partial charge in [0, 0.05) is 38.8 Å². The molecule has 0 aromatic carbocycles. The van der Waals surface area contributed by atoms with E-state index in [0.717, 1.165) is 32.7 Å². The molecule has 2 fully saturated rings. The van der Waals surface area contributed by atoms with Crippen LogP contribution in [0.2, 0.25) is 0 Å². The van der Waals surface area contributed by atoms with Crippen LogP contribution in [0.5, 0.6) is 0 Å². The molecule has 1 heterocycles. The van der Waals surface area contributed by atoms with Gasteiger partial charge in [0.2, 0.25) is 0 Å². The third kappa shape index (κ3) is 3.94. The van der Waals surface area contributed by atoms with Crippen LogP contribution in [-0.2, 0) is 0 Å². The monoisotopic (exact) mass is 250 g/mol. The molecule has 1 atom stereocenters. The van der Waals surface area contributed by atoms with Crippen LogP contribution in [0.4, 0.5) is 0 Å². The summed E-state index contributed by atoms with van der Waals surface area (Å²) >= 11 is 0. The summed E-state index contributed by atoms with van der Waals surface area (Å²) in [6, 6.07) is 3.06. The van der Waals surface area contributed by atoms with E-state index in [4.69, 9.17) is 0 Å². The van der Waals surface area contributed by atoms with Crippen molar-refractivity contribution >= 4 is 0 Å². The SMILES string of the molecule is CCCN1CCN(CC(C)(C#N)NC2CC2)CC1. The summed E-state index contributed by atoms with van der Waals surface area (Å²) in [7, 11) is 0. The third-order valence-corrected chi connectivity index (χ3v) is 3.89. The van der Waals surface area contributed by atoms with Crippen LogP contribution in [0.25, 0.3) is 0 Å². The van der Waals surface area contributed by atoms with Crippen molar-refractivity contribution in [1.82, 2.24) is 15.1 Å². The van der Waals surface area contributed by atoms with Crippen LogP contribution >= 0.6 is 0 Å². The predicted molar refractivity (Wildman–Crippen MR) is 73.3 cm³/mol. The molecule has 1 aliphatic carbocycles. The second-order valence-corrected chi connectivity index (χ2v) is 5.98. The molecule has 0 aromatic rings. The maximum absolute atomic E-state index is 9.38. The van der Waals surface area contributed by atoms with Crippen LogP contribution in [0.1, 0.15) is 33.1 Å². The molecule has 2 rings (SSSR count). The zero-order chi connectivity index (χ0) is 13.0. The average Bonchev–Trinajstić information content (AvgIpc) is 3.16. The van der Waals surface area contributed by atoms with Crippen LogP contribution in [0.15, 0.2) is 0 Å². The molecule has 4 heteroatoms. The van der Waals surface area contributed by atoms with Gasteiger partial charge in [-0.25, -0.2) is 0 Å². The second kappa shape index (κ2) is 6.01. The van der Waals surface area contributed by atoms with Crippen molar-refractivity contribution in [3.63, 3.8) is 0 Å². The first kappa shape index (κ1) is 13.8. The van der Waals surface area contributed by atoms with Crippen LogP contribution < -0.4 is 5.32 Å². The Labute approximate surface area is 111 Å². The van der Waals surface area contributed by atoms with E-state index in [-0.39, 0.29) is 5.54 Å². The number of nitrogens with zero attached hydrogens (tertiary/aromatic N) is 3. The second-order valence-electron chi connectivity index (χ2n) is 5.98. The molecule has 0 amide bonds. The molecule has 4 nitrogen and oxygen atoms in total. The molecule has 18 heavy (non-hydrogen) atoms. The Hall–Kier alpha value is -0.630. The summed E-state index contributed by atoms with van der Waals surface area (Å²) < 4.78 is 0.